The van der Waals surface area contributed by atoms with Crippen molar-refractivity contribution in [3.63, 3.8) is 0 Å². The topological polar surface area (TPSA) is 66.4 Å². The number of nitrogens with one attached hydrogen (secondary N) is 1. The van der Waals surface area contributed by atoms with Crippen molar-refractivity contribution >= 4 is 11.9 Å². The first-order valence-electron chi connectivity index (χ1n) is 6.33. The number of carboxylic acid groups (broad SMARTS) is 1. The Bertz CT molecular complexity index is 400. The number of hydrogen-bond acceptors (Lipinski definition) is 2. The predicted octanol–water partition coefficient (Wildman–Crippen LogP) is 2.75. The summed E-state index contributed by atoms with van der Waals surface area (Å²) in [6, 6.07) is -1.04. The molecule has 0 aliphatic rings. The van der Waals surface area contributed by atoms with E-state index in [1.54, 1.807) is 0 Å². The fourth-order valence-corrected chi connectivity index (χ4v) is 2.12. The molecule has 19 heavy (non-hydrogen) atoms. The summed E-state index contributed by atoms with van der Waals surface area (Å²) in [5.41, 5.74) is 3.86. The van der Waals surface area contributed by atoms with Gasteiger partial charge in [-0.25, -0.2) is 4.79 Å². The van der Waals surface area contributed by atoms with E-state index in [0.717, 1.165) is 5.57 Å². The summed E-state index contributed by atoms with van der Waals surface area (Å²) >= 11 is 0. The molecule has 1 unspecified atom stereocenters. The molecule has 4 heteroatoms. The van der Waals surface area contributed by atoms with E-state index in [2.05, 4.69) is 52.6 Å². The summed E-state index contributed by atoms with van der Waals surface area (Å²) in [4.78, 5) is 22.0. The molecule has 0 aromatic rings. The largest absolute Gasteiger partial charge is 0.479 e. The quantitative estimate of drug-likeness (QED) is 0.773. The molecule has 0 fully saturated rings. The predicted molar refractivity (Wildman–Crippen MR) is 75.7 cm³/mol. The summed E-state index contributed by atoms with van der Waals surface area (Å²) < 4.78 is 0. The second-order valence-corrected chi connectivity index (χ2v) is 6.70. The van der Waals surface area contributed by atoms with Crippen molar-refractivity contribution in [2.24, 2.45) is 10.8 Å². The van der Waals surface area contributed by atoms with E-state index < -0.39 is 12.0 Å². The van der Waals surface area contributed by atoms with Crippen LogP contribution in [0, 0.1) is 10.8 Å². The van der Waals surface area contributed by atoms with E-state index in [9.17, 15) is 9.59 Å². The molecule has 0 aromatic heterocycles. The highest BCUT2D eigenvalue weighted by atomic mass is 16.4. The van der Waals surface area contributed by atoms with Gasteiger partial charge in [-0.15, -0.1) is 5.73 Å². The Morgan fingerprint density at radius 3 is 1.79 bits per heavy atom. The Morgan fingerprint density at radius 2 is 1.53 bits per heavy atom. The molecule has 0 bridgehead atoms. The van der Waals surface area contributed by atoms with Crippen LogP contribution in [0.5, 0.6) is 0 Å². The second-order valence-electron chi connectivity index (χ2n) is 6.70. The molecule has 0 aliphatic heterocycles. The van der Waals surface area contributed by atoms with Gasteiger partial charge in [-0.1, -0.05) is 41.5 Å². The number of carbonyl (C=O) groups is 2. The summed E-state index contributed by atoms with van der Waals surface area (Å²) in [6.07, 6.45) is 1.41. The van der Waals surface area contributed by atoms with Gasteiger partial charge in [0, 0.05) is 6.92 Å². The lowest BCUT2D eigenvalue weighted by molar-refractivity contribution is -0.140. The van der Waals surface area contributed by atoms with Crippen molar-refractivity contribution in [1.82, 2.24) is 5.32 Å². The van der Waals surface area contributed by atoms with Gasteiger partial charge >= 0.3 is 5.97 Å². The summed E-state index contributed by atoms with van der Waals surface area (Å²) in [7, 11) is 0. The number of rotatable bonds is 3. The minimum absolute atomic E-state index is 0.117. The highest BCUT2D eigenvalue weighted by Crippen LogP contribution is 2.38. The minimum atomic E-state index is -1.09. The van der Waals surface area contributed by atoms with Gasteiger partial charge in [-0.2, -0.15) is 0 Å². The number of amides is 1. The third-order valence-electron chi connectivity index (χ3n) is 2.52. The number of carboxylic acids is 1. The molecular weight excluding hydrogens is 242 g/mol. The average Bonchev–Trinajstić information content (AvgIpc) is 2.10. The summed E-state index contributed by atoms with van der Waals surface area (Å²) in [5, 5.41) is 11.4. The molecule has 0 saturated carbocycles. The molecule has 1 atom stereocenters. The molecular formula is C15H25NO3. The van der Waals surface area contributed by atoms with E-state index in [-0.39, 0.29) is 16.7 Å². The molecule has 0 aliphatic carbocycles. The van der Waals surface area contributed by atoms with Crippen LogP contribution in [0.1, 0.15) is 48.5 Å². The molecule has 108 valence electrons. The highest BCUT2D eigenvalue weighted by molar-refractivity contribution is 5.83. The molecule has 0 aromatic carbocycles. The Hall–Kier alpha value is -1.54. The van der Waals surface area contributed by atoms with Crippen LogP contribution in [0.25, 0.3) is 0 Å². The van der Waals surface area contributed by atoms with Gasteiger partial charge < -0.3 is 10.4 Å². The van der Waals surface area contributed by atoms with Crippen LogP contribution >= 0.6 is 0 Å². The van der Waals surface area contributed by atoms with Crippen LogP contribution in [0.2, 0.25) is 0 Å². The Balaban J connectivity index is 5.59. The van der Waals surface area contributed by atoms with Gasteiger partial charge in [0.2, 0.25) is 5.91 Å². The van der Waals surface area contributed by atoms with E-state index in [4.69, 9.17) is 5.11 Å². The zero-order valence-electron chi connectivity index (χ0n) is 12.9. The standard InChI is InChI=1S/C15H25NO3/c1-10(17)16-11(13(18)19)8-9-12(14(2,3)4)15(5,6)7/h8,11H,1-7H3,(H,16,17)(H,18,19). The summed E-state index contributed by atoms with van der Waals surface area (Å²) in [6.45, 7) is 13.6. The van der Waals surface area contributed by atoms with E-state index >= 15 is 0 Å². The first kappa shape index (κ1) is 17.5. The maximum absolute atomic E-state index is 11.1. The second kappa shape index (κ2) is 6.07. The van der Waals surface area contributed by atoms with Crippen LogP contribution in [-0.4, -0.2) is 23.0 Å². The van der Waals surface area contributed by atoms with Gasteiger partial charge in [-0.3, -0.25) is 4.79 Å². The van der Waals surface area contributed by atoms with Crippen molar-refractivity contribution in [3.05, 3.63) is 17.4 Å². The maximum atomic E-state index is 11.1. The minimum Gasteiger partial charge on any atom is -0.479 e. The van der Waals surface area contributed by atoms with E-state index in [0.29, 0.717) is 0 Å². The monoisotopic (exact) mass is 267 g/mol. The van der Waals surface area contributed by atoms with Crippen LogP contribution in [0.3, 0.4) is 0 Å². The SMILES string of the molecule is CC(=O)NC(C=C=C(C(C)(C)C)C(C)(C)C)C(=O)O. The Labute approximate surface area is 115 Å². The number of carbonyl (C=O) groups excluding carboxylic acids is 1. The zero-order valence-corrected chi connectivity index (χ0v) is 12.9. The molecule has 1 amide bonds. The average molecular weight is 267 g/mol. The van der Waals surface area contributed by atoms with Gasteiger partial charge in [-0.05, 0) is 22.5 Å². The first-order valence-corrected chi connectivity index (χ1v) is 6.33. The van der Waals surface area contributed by atoms with Crippen molar-refractivity contribution in [1.29, 1.82) is 0 Å². The van der Waals surface area contributed by atoms with Gasteiger partial charge in [0.1, 0.15) is 0 Å². The van der Waals surface area contributed by atoms with Gasteiger partial charge in [0.05, 0.1) is 0 Å². The van der Waals surface area contributed by atoms with Crippen molar-refractivity contribution in [2.45, 2.75) is 54.5 Å². The smallest absolute Gasteiger partial charge is 0.330 e. The zero-order chi connectivity index (χ0) is 15.4. The maximum Gasteiger partial charge on any atom is 0.330 e. The van der Waals surface area contributed by atoms with Gasteiger partial charge in [0.25, 0.3) is 0 Å². The molecule has 0 spiro atoms. The number of aliphatic carboxylic acids is 1. The van der Waals surface area contributed by atoms with Gasteiger partial charge in [0.15, 0.2) is 6.04 Å². The normalized spacial score (nSPS) is 13.2. The van der Waals surface area contributed by atoms with Crippen molar-refractivity contribution in [3.8, 4) is 0 Å². The van der Waals surface area contributed by atoms with Crippen molar-refractivity contribution in [2.75, 3.05) is 0 Å². The number of hydrogen-bond donors (Lipinski definition) is 2. The molecule has 4 nitrogen and oxygen atoms in total. The lowest BCUT2D eigenvalue weighted by Gasteiger charge is -2.32. The lowest BCUT2D eigenvalue weighted by atomic mass is 9.72. The van der Waals surface area contributed by atoms with Crippen LogP contribution in [-0.2, 0) is 9.59 Å². The fourth-order valence-electron chi connectivity index (χ4n) is 2.12. The fraction of sp³-hybridized carbons (Fsp3) is 0.667. The van der Waals surface area contributed by atoms with Crippen LogP contribution in [0.4, 0.5) is 0 Å². The van der Waals surface area contributed by atoms with Crippen molar-refractivity contribution < 1.29 is 14.7 Å². The van der Waals surface area contributed by atoms with Crippen LogP contribution in [0.15, 0.2) is 17.4 Å². The van der Waals surface area contributed by atoms with E-state index in [1.165, 1.54) is 13.0 Å². The Morgan fingerprint density at radius 1 is 1.11 bits per heavy atom. The first-order chi connectivity index (χ1) is 8.35. The molecule has 0 saturated heterocycles. The third-order valence-corrected chi connectivity index (χ3v) is 2.52. The lowest BCUT2D eigenvalue weighted by Crippen LogP contribution is -2.37. The summed E-state index contributed by atoms with van der Waals surface area (Å²) in [5.74, 6) is -1.47. The molecule has 0 heterocycles. The molecule has 0 radical (unpaired) electrons. The molecule has 0 rings (SSSR count). The molecule has 2 N–H and O–H groups in total. The Kier molecular flexibility index (Phi) is 5.58. The van der Waals surface area contributed by atoms with E-state index in [1.807, 2.05) is 0 Å². The third kappa shape index (κ3) is 6.25. The van der Waals surface area contributed by atoms with Crippen LogP contribution < -0.4 is 5.32 Å². The highest BCUT2D eigenvalue weighted by Gasteiger charge is 2.28.